The number of aliphatic hydroxyl groups is 2. The van der Waals surface area contributed by atoms with Crippen molar-refractivity contribution in [2.45, 2.75) is 31.9 Å². The molecule has 3 atom stereocenters. The topological polar surface area (TPSA) is 81.0 Å². The van der Waals surface area contributed by atoms with Gasteiger partial charge in [-0.05, 0) is 18.9 Å². The van der Waals surface area contributed by atoms with E-state index in [1.807, 2.05) is 4.90 Å². The Morgan fingerprint density at radius 3 is 2.80 bits per heavy atom. The minimum Gasteiger partial charge on any atom is -0.481 e. The molecular weight excluding hydrogens is 198 g/mol. The molecule has 1 saturated heterocycles. The lowest BCUT2D eigenvalue weighted by molar-refractivity contribution is -0.139. The summed E-state index contributed by atoms with van der Waals surface area (Å²) < 4.78 is 0. The van der Waals surface area contributed by atoms with Crippen molar-refractivity contribution in [1.82, 2.24) is 4.90 Å². The monoisotopic (exact) mass is 217 g/mol. The fourth-order valence-corrected chi connectivity index (χ4v) is 2.15. The molecule has 15 heavy (non-hydrogen) atoms. The lowest BCUT2D eigenvalue weighted by atomic mass is 10.0. The third kappa shape index (κ3) is 3.44. The summed E-state index contributed by atoms with van der Waals surface area (Å²) in [7, 11) is 0. The van der Waals surface area contributed by atoms with Gasteiger partial charge in [0.15, 0.2) is 0 Å². The van der Waals surface area contributed by atoms with Crippen LogP contribution in [0.2, 0.25) is 0 Å². The summed E-state index contributed by atoms with van der Waals surface area (Å²) in [6.07, 6.45) is -0.0875. The highest BCUT2D eigenvalue weighted by molar-refractivity contribution is 5.67. The van der Waals surface area contributed by atoms with Gasteiger partial charge in [0.25, 0.3) is 0 Å². The Kier molecular flexibility index (Phi) is 4.50. The third-order valence-corrected chi connectivity index (χ3v) is 3.04. The smallest absolute Gasteiger partial charge is 0.306 e. The SMILES string of the molecule is CC1CCN(CC(O)CC(=O)O)C1CO. The van der Waals surface area contributed by atoms with E-state index in [0.717, 1.165) is 13.0 Å². The second kappa shape index (κ2) is 5.44. The maximum absolute atomic E-state index is 10.4. The number of aliphatic hydroxyl groups excluding tert-OH is 2. The number of hydrogen-bond acceptors (Lipinski definition) is 4. The number of rotatable bonds is 5. The van der Waals surface area contributed by atoms with Crippen LogP contribution in [-0.2, 0) is 4.79 Å². The number of carboxylic acids is 1. The van der Waals surface area contributed by atoms with Crippen LogP contribution in [0.25, 0.3) is 0 Å². The zero-order valence-electron chi connectivity index (χ0n) is 8.96. The van der Waals surface area contributed by atoms with E-state index >= 15 is 0 Å². The predicted octanol–water partition coefficient (Wildman–Crippen LogP) is -0.475. The molecule has 0 aliphatic carbocycles. The Balaban J connectivity index is 2.40. The first kappa shape index (κ1) is 12.4. The summed E-state index contributed by atoms with van der Waals surface area (Å²) in [6.45, 7) is 3.29. The third-order valence-electron chi connectivity index (χ3n) is 3.04. The molecule has 0 aromatic carbocycles. The number of likely N-dealkylation sites (tertiary alicyclic amines) is 1. The Morgan fingerprint density at radius 1 is 1.60 bits per heavy atom. The Labute approximate surface area is 89.3 Å². The first-order valence-electron chi connectivity index (χ1n) is 5.29. The van der Waals surface area contributed by atoms with Crippen LogP contribution in [0.3, 0.4) is 0 Å². The molecule has 1 aliphatic heterocycles. The maximum Gasteiger partial charge on any atom is 0.306 e. The van der Waals surface area contributed by atoms with E-state index < -0.39 is 12.1 Å². The molecule has 0 amide bonds. The summed E-state index contributed by atoms with van der Waals surface area (Å²) >= 11 is 0. The molecule has 0 aromatic rings. The van der Waals surface area contributed by atoms with Gasteiger partial charge in [0, 0.05) is 12.6 Å². The van der Waals surface area contributed by atoms with E-state index in [-0.39, 0.29) is 19.1 Å². The summed E-state index contributed by atoms with van der Waals surface area (Å²) in [5.74, 6) is -0.581. The normalized spacial score (nSPS) is 29.3. The average molecular weight is 217 g/mol. The molecule has 0 saturated carbocycles. The van der Waals surface area contributed by atoms with Gasteiger partial charge in [-0.1, -0.05) is 6.92 Å². The van der Waals surface area contributed by atoms with Gasteiger partial charge in [0.05, 0.1) is 19.1 Å². The van der Waals surface area contributed by atoms with Gasteiger partial charge in [-0.3, -0.25) is 9.69 Å². The molecule has 1 heterocycles. The van der Waals surface area contributed by atoms with Gasteiger partial charge >= 0.3 is 5.97 Å². The first-order valence-corrected chi connectivity index (χ1v) is 5.29. The molecule has 3 N–H and O–H groups in total. The van der Waals surface area contributed by atoms with Crippen LogP contribution >= 0.6 is 0 Å². The Hall–Kier alpha value is -0.650. The van der Waals surface area contributed by atoms with Crippen molar-refractivity contribution >= 4 is 5.97 Å². The number of carboxylic acid groups (broad SMARTS) is 1. The zero-order valence-corrected chi connectivity index (χ0v) is 8.96. The van der Waals surface area contributed by atoms with Crippen LogP contribution in [0.1, 0.15) is 19.8 Å². The standard InChI is InChI=1S/C10H19NO4/c1-7-2-3-11(9(7)6-12)5-8(13)4-10(14)15/h7-9,12-13H,2-6H2,1H3,(H,14,15). The van der Waals surface area contributed by atoms with Crippen LogP contribution < -0.4 is 0 Å². The number of carbonyl (C=O) groups is 1. The maximum atomic E-state index is 10.4. The quantitative estimate of drug-likeness (QED) is 0.580. The molecule has 1 rings (SSSR count). The number of nitrogens with zero attached hydrogens (tertiary/aromatic N) is 1. The van der Waals surface area contributed by atoms with E-state index in [1.54, 1.807) is 0 Å². The van der Waals surface area contributed by atoms with Crippen molar-refractivity contribution in [3.05, 3.63) is 0 Å². The second-order valence-corrected chi connectivity index (χ2v) is 4.26. The lowest BCUT2D eigenvalue weighted by Gasteiger charge is -2.26. The van der Waals surface area contributed by atoms with Crippen molar-refractivity contribution in [1.29, 1.82) is 0 Å². The van der Waals surface area contributed by atoms with Crippen molar-refractivity contribution in [2.24, 2.45) is 5.92 Å². The van der Waals surface area contributed by atoms with E-state index in [0.29, 0.717) is 12.5 Å². The van der Waals surface area contributed by atoms with E-state index in [2.05, 4.69) is 6.92 Å². The van der Waals surface area contributed by atoms with Crippen molar-refractivity contribution < 1.29 is 20.1 Å². The lowest BCUT2D eigenvalue weighted by Crippen LogP contribution is -2.40. The molecule has 5 nitrogen and oxygen atoms in total. The molecule has 1 aliphatic rings. The van der Waals surface area contributed by atoms with E-state index in [1.165, 1.54) is 0 Å². The van der Waals surface area contributed by atoms with Gasteiger partial charge in [-0.2, -0.15) is 0 Å². The summed E-state index contributed by atoms with van der Waals surface area (Å²) in [5.41, 5.74) is 0. The van der Waals surface area contributed by atoms with Crippen molar-refractivity contribution in [2.75, 3.05) is 19.7 Å². The van der Waals surface area contributed by atoms with Crippen LogP contribution in [0, 0.1) is 5.92 Å². The van der Waals surface area contributed by atoms with Gasteiger partial charge in [-0.25, -0.2) is 0 Å². The Morgan fingerprint density at radius 2 is 2.27 bits per heavy atom. The molecular formula is C10H19NO4. The fourth-order valence-electron chi connectivity index (χ4n) is 2.15. The minimum atomic E-state index is -0.990. The Bertz CT molecular complexity index is 221. The minimum absolute atomic E-state index is 0.0634. The zero-order chi connectivity index (χ0) is 11.4. The molecule has 3 unspecified atom stereocenters. The summed E-state index contributed by atoms with van der Waals surface area (Å²) in [6, 6.07) is 0.0634. The highest BCUT2D eigenvalue weighted by Gasteiger charge is 2.31. The van der Waals surface area contributed by atoms with Crippen molar-refractivity contribution in [3.63, 3.8) is 0 Å². The highest BCUT2D eigenvalue weighted by atomic mass is 16.4. The van der Waals surface area contributed by atoms with Crippen LogP contribution in [0.5, 0.6) is 0 Å². The number of β-amino-alcohol motifs (C(OH)–C–C–N with tert-alkyl or cyclic N) is 1. The highest BCUT2D eigenvalue weighted by Crippen LogP contribution is 2.23. The van der Waals surface area contributed by atoms with Crippen molar-refractivity contribution in [3.8, 4) is 0 Å². The molecule has 1 fully saturated rings. The molecule has 88 valence electrons. The summed E-state index contributed by atoms with van der Waals surface area (Å²) in [4.78, 5) is 12.3. The second-order valence-electron chi connectivity index (χ2n) is 4.26. The molecule has 0 spiro atoms. The largest absolute Gasteiger partial charge is 0.481 e. The van der Waals surface area contributed by atoms with Gasteiger partial charge in [-0.15, -0.1) is 0 Å². The number of aliphatic carboxylic acids is 1. The molecule has 0 bridgehead atoms. The van der Waals surface area contributed by atoms with Crippen LogP contribution in [0.15, 0.2) is 0 Å². The van der Waals surface area contributed by atoms with Gasteiger partial charge in [0.1, 0.15) is 0 Å². The molecule has 0 aromatic heterocycles. The van der Waals surface area contributed by atoms with Crippen LogP contribution in [0.4, 0.5) is 0 Å². The number of hydrogen-bond donors (Lipinski definition) is 3. The first-order chi connectivity index (χ1) is 7.04. The van der Waals surface area contributed by atoms with Crippen LogP contribution in [-0.4, -0.2) is 58.0 Å². The predicted molar refractivity (Wildman–Crippen MR) is 54.5 cm³/mol. The fraction of sp³-hybridized carbons (Fsp3) is 0.900. The average Bonchev–Trinajstić information content (AvgIpc) is 2.45. The van der Waals surface area contributed by atoms with Gasteiger partial charge in [0.2, 0.25) is 0 Å². The summed E-state index contributed by atoms with van der Waals surface area (Å²) in [5, 5.41) is 27.1. The van der Waals surface area contributed by atoms with Gasteiger partial charge < -0.3 is 15.3 Å². The van der Waals surface area contributed by atoms with E-state index in [4.69, 9.17) is 10.2 Å². The molecule has 0 radical (unpaired) electrons. The van der Waals surface area contributed by atoms with E-state index in [9.17, 15) is 9.90 Å². The molecule has 5 heteroatoms.